The first-order chi connectivity index (χ1) is 14.1. The van der Waals surface area contributed by atoms with Crippen LogP contribution in [0.15, 0.2) is 84.9 Å². The van der Waals surface area contributed by atoms with Crippen LogP contribution in [-0.2, 0) is 9.59 Å². The zero-order valence-electron chi connectivity index (χ0n) is 16.1. The van der Waals surface area contributed by atoms with Gasteiger partial charge in [0.15, 0.2) is 6.61 Å². The number of hydrazine groups is 1. The van der Waals surface area contributed by atoms with Crippen LogP contribution in [0.4, 0.5) is 0 Å². The van der Waals surface area contributed by atoms with Gasteiger partial charge in [0.2, 0.25) is 0 Å². The second-order valence-electron chi connectivity index (χ2n) is 6.43. The maximum absolute atomic E-state index is 12.0. The molecule has 0 aliphatic rings. The van der Waals surface area contributed by atoms with Gasteiger partial charge in [-0.1, -0.05) is 78.4 Å². The summed E-state index contributed by atoms with van der Waals surface area (Å²) in [6.45, 7) is 1.78. The van der Waals surface area contributed by atoms with Crippen LogP contribution < -0.4 is 15.6 Å². The summed E-state index contributed by atoms with van der Waals surface area (Å²) in [5, 5.41) is 0. The highest BCUT2D eigenvalue weighted by Gasteiger charge is 2.08. The smallest absolute Gasteiger partial charge is 0.276 e. The lowest BCUT2D eigenvalue weighted by Gasteiger charge is -2.12. The Morgan fingerprint density at radius 1 is 0.862 bits per heavy atom. The van der Waals surface area contributed by atoms with Gasteiger partial charge >= 0.3 is 0 Å². The molecule has 146 valence electrons. The maximum Gasteiger partial charge on any atom is 0.276 e. The number of rotatable bonds is 6. The third-order valence-electron chi connectivity index (χ3n) is 4.16. The second-order valence-corrected chi connectivity index (χ2v) is 6.43. The zero-order chi connectivity index (χ0) is 20.5. The molecule has 3 rings (SSSR count). The molecule has 3 aromatic rings. The summed E-state index contributed by atoms with van der Waals surface area (Å²) in [6, 6.07) is 25.0. The Labute approximate surface area is 170 Å². The van der Waals surface area contributed by atoms with Crippen LogP contribution in [0.5, 0.6) is 5.75 Å². The number of carbonyl (C=O) groups is 2. The highest BCUT2D eigenvalue weighted by atomic mass is 16.5. The molecule has 2 amide bonds. The van der Waals surface area contributed by atoms with Crippen molar-refractivity contribution < 1.29 is 14.3 Å². The van der Waals surface area contributed by atoms with E-state index in [2.05, 4.69) is 10.9 Å². The lowest BCUT2D eigenvalue weighted by Crippen LogP contribution is -2.43. The molecule has 0 atom stereocenters. The van der Waals surface area contributed by atoms with Crippen LogP contribution in [-0.4, -0.2) is 18.4 Å². The van der Waals surface area contributed by atoms with Gasteiger partial charge in [-0.05, 0) is 30.2 Å². The quantitative estimate of drug-likeness (QED) is 0.499. The Kier molecular flexibility index (Phi) is 6.79. The number of aryl methyl sites for hydroxylation is 1. The number of hydrogen-bond acceptors (Lipinski definition) is 3. The van der Waals surface area contributed by atoms with E-state index in [1.165, 1.54) is 6.08 Å². The molecule has 0 aromatic heterocycles. The fraction of sp³-hybridized carbons (Fsp3) is 0.0833. The summed E-state index contributed by atoms with van der Waals surface area (Å²) in [4.78, 5) is 23.9. The predicted molar refractivity (Wildman–Crippen MR) is 114 cm³/mol. The molecule has 5 nitrogen and oxygen atoms in total. The maximum atomic E-state index is 12.0. The number of benzene rings is 3. The molecule has 0 radical (unpaired) electrons. The van der Waals surface area contributed by atoms with E-state index < -0.39 is 11.8 Å². The molecule has 0 spiro atoms. The van der Waals surface area contributed by atoms with Crippen molar-refractivity contribution in [3.05, 3.63) is 96.1 Å². The van der Waals surface area contributed by atoms with Gasteiger partial charge in [0.25, 0.3) is 11.8 Å². The van der Waals surface area contributed by atoms with E-state index in [0.717, 1.165) is 22.3 Å². The molecule has 0 unspecified atom stereocenters. The fourth-order valence-corrected chi connectivity index (χ4v) is 2.65. The van der Waals surface area contributed by atoms with Gasteiger partial charge in [0.05, 0.1) is 0 Å². The van der Waals surface area contributed by atoms with Gasteiger partial charge in [-0.15, -0.1) is 0 Å². The van der Waals surface area contributed by atoms with Gasteiger partial charge in [-0.2, -0.15) is 0 Å². The van der Waals surface area contributed by atoms with Crippen LogP contribution in [0.2, 0.25) is 0 Å². The molecule has 2 N–H and O–H groups in total. The number of carbonyl (C=O) groups excluding carboxylic acids is 2. The number of amides is 2. The molecule has 0 saturated carbocycles. The summed E-state index contributed by atoms with van der Waals surface area (Å²) < 4.78 is 5.64. The average molecular weight is 386 g/mol. The predicted octanol–water partition coefficient (Wildman–Crippen LogP) is 3.90. The van der Waals surface area contributed by atoms with E-state index in [-0.39, 0.29) is 6.61 Å². The Balaban J connectivity index is 1.49. The summed E-state index contributed by atoms with van der Waals surface area (Å²) >= 11 is 0. The summed E-state index contributed by atoms with van der Waals surface area (Å²) in [5.41, 5.74) is 8.62. The van der Waals surface area contributed by atoms with Gasteiger partial charge in [-0.3, -0.25) is 20.4 Å². The summed E-state index contributed by atoms with van der Waals surface area (Å²) in [6.07, 6.45) is 3.03. The summed E-state index contributed by atoms with van der Waals surface area (Å²) in [7, 11) is 0. The highest BCUT2D eigenvalue weighted by Crippen LogP contribution is 2.29. The van der Waals surface area contributed by atoms with E-state index in [1.54, 1.807) is 12.1 Å². The minimum Gasteiger partial charge on any atom is -0.483 e. The number of para-hydroxylation sites is 1. The van der Waals surface area contributed by atoms with E-state index >= 15 is 0 Å². The first-order valence-corrected chi connectivity index (χ1v) is 9.22. The van der Waals surface area contributed by atoms with Gasteiger partial charge in [0.1, 0.15) is 5.75 Å². The Hall–Kier alpha value is -3.86. The van der Waals surface area contributed by atoms with E-state index in [4.69, 9.17) is 4.74 Å². The molecule has 3 aromatic carbocycles. The van der Waals surface area contributed by atoms with Crippen molar-refractivity contribution in [3.8, 4) is 16.9 Å². The van der Waals surface area contributed by atoms with Crippen LogP contribution in [0.25, 0.3) is 17.2 Å². The Morgan fingerprint density at radius 2 is 1.55 bits per heavy atom. The SMILES string of the molecule is Cc1ccc(/C=C/C(=O)NNC(=O)COc2ccccc2-c2ccccc2)cc1. The molecule has 0 aliphatic carbocycles. The molecular formula is C24H22N2O3. The second kappa shape index (κ2) is 9.90. The van der Waals surface area contributed by atoms with Gasteiger partial charge in [-0.25, -0.2) is 0 Å². The van der Waals surface area contributed by atoms with E-state index in [9.17, 15) is 9.59 Å². The minimum absolute atomic E-state index is 0.216. The third kappa shape index (κ3) is 6.07. The van der Waals surface area contributed by atoms with Crippen molar-refractivity contribution in [2.24, 2.45) is 0 Å². The first kappa shape index (κ1) is 19.9. The van der Waals surface area contributed by atoms with Crippen molar-refractivity contribution in [2.75, 3.05) is 6.61 Å². The molecule has 0 bridgehead atoms. The summed E-state index contributed by atoms with van der Waals surface area (Å²) in [5.74, 6) is -0.284. The van der Waals surface area contributed by atoms with Crippen molar-refractivity contribution >= 4 is 17.9 Å². The molecule has 0 heterocycles. The Morgan fingerprint density at radius 3 is 2.31 bits per heavy atom. The van der Waals surface area contributed by atoms with Crippen LogP contribution in [0.3, 0.4) is 0 Å². The number of ether oxygens (including phenoxy) is 1. The van der Waals surface area contributed by atoms with Gasteiger partial charge in [0, 0.05) is 11.6 Å². The first-order valence-electron chi connectivity index (χ1n) is 9.22. The standard InChI is InChI=1S/C24H22N2O3/c1-18-11-13-19(14-12-18)15-16-23(27)25-26-24(28)17-29-22-10-6-5-9-21(22)20-7-3-2-4-8-20/h2-16H,17H2,1H3,(H,25,27)(H,26,28)/b16-15+. The number of nitrogens with one attached hydrogen (secondary N) is 2. The molecule has 0 aliphatic heterocycles. The lowest BCUT2D eigenvalue weighted by molar-refractivity contribution is -0.128. The zero-order valence-corrected chi connectivity index (χ0v) is 16.1. The van der Waals surface area contributed by atoms with Gasteiger partial charge < -0.3 is 4.74 Å². The molecule has 29 heavy (non-hydrogen) atoms. The molecule has 0 saturated heterocycles. The fourth-order valence-electron chi connectivity index (χ4n) is 2.65. The minimum atomic E-state index is -0.454. The highest BCUT2D eigenvalue weighted by molar-refractivity contribution is 5.93. The van der Waals surface area contributed by atoms with Crippen LogP contribution >= 0.6 is 0 Å². The third-order valence-corrected chi connectivity index (χ3v) is 4.16. The van der Waals surface area contributed by atoms with Crippen LogP contribution in [0, 0.1) is 6.92 Å². The topological polar surface area (TPSA) is 67.4 Å². The average Bonchev–Trinajstić information content (AvgIpc) is 2.76. The Bertz CT molecular complexity index is 996. The van der Waals surface area contributed by atoms with Crippen LogP contribution in [0.1, 0.15) is 11.1 Å². The van der Waals surface area contributed by atoms with Crippen molar-refractivity contribution in [3.63, 3.8) is 0 Å². The molecule has 5 heteroatoms. The monoisotopic (exact) mass is 386 g/mol. The van der Waals surface area contributed by atoms with E-state index in [1.807, 2.05) is 79.7 Å². The number of hydrogen-bond donors (Lipinski definition) is 2. The lowest BCUT2D eigenvalue weighted by atomic mass is 10.1. The van der Waals surface area contributed by atoms with Crippen molar-refractivity contribution in [2.45, 2.75) is 6.92 Å². The molecule has 0 fully saturated rings. The largest absolute Gasteiger partial charge is 0.483 e. The van der Waals surface area contributed by atoms with E-state index in [0.29, 0.717) is 5.75 Å². The van der Waals surface area contributed by atoms with Crippen molar-refractivity contribution in [1.29, 1.82) is 0 Å². The van der Waals surface area contributed by atoms with Crippen molar-refractivity contribution in [1.82, 2.24) is 10.9 Å². The normalized spacial score (nSPS) is 10.5. The molecular weight excluding hydrogens is 364 g/mol.